The van der Waals surface area contributed by atoms with E-state index in [4.69, 9.17) is 19.9 Å². The highest BCUT2D eigenvalue weighted by molar-refractivity contribution is 7.91. The lowest BCUT2D eigenvalue weighted by atomic mass is 10.0. The van der Waals surface area contributed by atoms with Crippen molar-refractivity contribution in [3.05, 3.63) is 158 Å². The van der Waals surface area contributed by atoms with E-state index in [1.54, 1.807) is 36.4 Å². The maximum absolute atomic E-state index is 14.1. The minimum absolute atomic E-state index is 0.127. The average Bonchev–Trinajstić information content (AvgIpc) is 3.14. The number of nitrogens with zero attached hydrogens (tertiary/aromatic N) is 4. The van der Waals surface area contributed by atoms with Gasteiger partial charge in [-0.3, -0.25) is 0 Å². The summed E-state index contributed by atoms with van der Waals surface area (Å²) in [5.41, 5.74) is 8.67. The van der Waals surface area contributed by atoms with E-state index in [9.17, 15) is 8.42 Å². The monoisotopic (exact) mass is 626 g/mol. The highest BCUT2D eigenvalue weighted by Gasteiger charge is 2.22. The maximum atomic E-state index is 14.1. The lowest BCUT2D eigenvalue weighted by molar-refractivity contribution is 0.596. The molecule has 0 saturated carbocycles. The zero-order valence-electron chi connectivity index (χ0n) is 25.0. The second kappa shape index (κ2) is 11.7. The van der Waals surface area contributed by atoms with Crippen LogP contribution in [0.25, 0.3) is 67.1 Å². The Balaban J connectivity index is 1.25. The topological polar surface area (TPSA) is 85.7 Å². The summed E-state index contributed by atoms with van der Waals surface area (Å²) < 4.78 is 28.2. The summed E-state index contributed by atoms with van der Waals surface area (Å²) in [6.45, 7) is 0. The molecule has 2 heterocycles. The molecule has 2 aromatic heterocycles. The van der Waals surface area contributed by atoms with Crippen LogP contribution in [0.1, 0.15) is 0 Å². The normalized spacial score (nSPS) is 11.6. The quantitative estimate of drug-likeness (QED) is 0.183. The summed E-state index contributed by atoms with van der Waals surface area (Å²) in [6, 6.07) is 49.2. The van der Waals surface area contributed by atoms with Gasteiger partial charge in [0, 0.05) is 22.3 Å². The molecule has 8 aromatic rings. The van der Waals surface area contributed by atoms with Crippen molar-refractivity contribution in [2.24, 2.45) is 0 Å². The second-order valence-corrected chi connectivity index (χ2v) is 13.1. The Bertz CT molecular complexity index is 2340. The smallest absolute Gasteiger partial charge is 0.206 e. The fourth-order valence-corrected chi connectivity index (χ4v) is 7.03. The summed E-state index contributed by atoms with van der Waals surface area (Å²) in [4.78, 5) is 20.1. The first kappa shape index (κ1) is 28.4. The van der Waals surface area contributed by atoms with E-state index < -0.39 is 9.84 Å². The molecule has 0 spiro atoms. The lowest BCUT2D eigenvalue weighted by Crippen LogP contribution is -2.04. The molecule has 0 aliphatic rings. The van der Waals surface area contributed by atoms with Crippen molar-refractivity contribution in [3.63, 3.8) is 0 Å². The van der Waals surface area contributed by atoms with Gasteiger partial charge in [0.2, 0.25) is 9.84 Å². The van der Waals surface area contributed by atoms with Crippen LogP contribution in [0.2, 0.25) is 0 Å². The number of hydrogen-bond donors (Lipinski definition) is 0. The Kier molecular flexibility index (Phi) is 7.08. The molecule has 0 aliphatic heterocycles. The summed E-state index contributed by atoms with van der Waals surface area (Å²) in [5.74, 6) is 0. The molecule has 7 heteroatoms. The number of aromatic nitrogens is 4. The Morgan fingerprint density at radius 2 is 0.596 bits per heavy atom. The van der Waals surface area contributed by atoms with E-state index in [0.717, 1.165) is 33.6 Å². The van der Waals surface area contributed by atoms with Crippen LogP contribution in [-0.4, -0.2) is 28.4 Å². The standard InChI is InChI=1S/C40H26N4O2S/c45-47(46,31-21-23-33-35(25-31)43-39(29-17-9-3-10-18-29)37(41-33)27-13-5-1-6-14-27)32-22-24-34-36(26-32)44-40(30-19-11-4-12-20-30)38(42-34)28-15-7-2-8-16-28/h1-26H. The van der Waals surface area contributed by atoms with Gasteiger partial charge in [-0.05, 0) is 36.4 Å². The van der Waals surface area contributed by atoms with Gasteiger partial charge in [-0.2, -0.15) is 0 Å². The fourth-order valence-electron chi connectivity index (χ4n) is 5.73. The van der Waals surface area contributed by atoms with Crippen LogP contribution in [0.15, 0.2) is 168 Å². The van der Waals surface area contributed by atoms with Crippen LogP contribution >= 0.6 is 0 Å². The molecule has 0 fully saturated rings. The fraction of sp³-hybridized carbons (Fsp3) is 0. The molecule has 0 N–H and O–H groups in total. The Hall–Kier alpha value is -6.05. The molecule has 0 radical (unpaired) electrons. The van der Waals surface area contributed by atoms with Crippen molar-refractivity contribution < 1.29 is 8.42 Å². The predicted octanol–water partition coefficient (Wildman–Crippen LogP) is 9.07. The van der Waals surface area contributed by atoms with Gasteiger partial charge in [0.25, 0.3) is 0 Å². The lowest BCUT2D eigenvalue weighted by Gasteiger charge is -2.13. The van der Waals surface area contributed by atoms with Gasteiger partial charge >= 0.3 is 0 Å². The van der Waals surface area contributed by atoms with E-state index >= 15 is 0 Å². The average molecular weight is 627 g/mol. The molecule has 8 rings (SSSR count). The third kappa shape index (κ3) is 5.32. The molecule has 6 nitrogen and oxygen atoms in total. The molecule has 6 aromatic carbocycles. The molecule has 0 aliphatic carbocycles. The first-order chi connectivity index (χ1) is 23.0. The van der Waals surface area contributed by atoms with Crippen molar-refractivity contribution in [1.29, 1.82) is 0 Å². The van der Waals surface area contributed by atoms with Crippen LogP contribution in [0.5, 0.6) is 0 Å². The highest BCUT2D eigenvalue weighted by Crippen LogP contribution is 2.34. The van der Waals surface area contributed by atoms with Crippen LogP contribution < -0.4 is 0 Å². The number of hydrogen-bond acceptors (Lipinski definition) is 6. The van der Waals surface area contributed by atoms with E-state index in [0.29, 0.717) is 33.5 Å². The molecule has 0 unspecified atom stereocenters. The Labute approximate surface area is 272 Å². The van der Waals surface area contributed by atoms with Gasteiger partial charge < -0.3 is 0 Å². The second-order valence-electron chi connectivity index (χ2n) is 11.1. The first-order valence-corrected chi connectivity index (χ1v) is 16.6. The molecular weight excluding hydrogens is 601 g/mol. The number of benzene rings is 6. The van der Waals surface area contributed by atoms with Gasteiger partial charge in [0.05, 0.1) is 54.6 Å². The minimum Gasteiger partial charge on any atom is -0.244 e. The predicted molar refractivity (Wildman–Crippen MR) is 186 cm³/mol. The third-order valence-electron chi connectivity index (χ3n) is 8.08. The molecule has 0 atom stereocenters. The Morgan fingerprint density at radius 3 is 0.894 bits per heavy atom. The van der Waals surface area contributed by atoms with Crippen molar-refractivity contribution in [2.45, 2.75) is 9.79 Å². The number of fused-ring (bicyclic) bond motifs is 2. The van der Waals surface area contributed by atoms with E-state index in [2.05, 4.69) is 0 Å². The summed E-state index contributed by atoms with van der Waals surface area (Å²) >= 11 is 0. The maximum Gasteiger partial charge on any atom is 0.206 e. The molecular formula is C40H26N4O2S. The van der Waals surface area contributed by atoms with Crippen molar-refractivity contribution in [2.75, 3.05) is 0 Å². The first-order valence-electron chi connectivity index (χ1n) is 15.1. The Morgan fingerprint density at radius 1 is 0.319 bits per heavy atom. The van der Waals surface area contributed by atoms with Crippen LogP contribution in [-0.2, 0) is 9.84 Å². The molecule has 0 saturated heterocycles. The summed E-state index contributed by atoms with van der Waals surface area (Å²) in [6.07, 6.45) is 0. The highest BCUT2D eigenvalue weighted by atomic mass is 32.2. The van der Waals surface area contributed by atoms with Crippen LogP contribution in [0.3, 0.4) is 0 Å². The van der Waals surface area contributed by atoms with E-state index in [1.807, 2.05) is 121 Å². The largest absolute Gasteiger partial charge is 0.244 e. The zero-order valence-corrected chi connectivity index (χ0v) is 25.8. The van der Waals surface area contributed by atoms with Crippen LogP contribution in [0.4, 0.5) is 0 Å². The minimum atomic E-state index is -3.94. The zero-order chi connectivity index (χ0) is 31.8. The van der Waals surface area contributed by atoms with Gasteiger partial charge in [0.1, 0.15) is 0 Å². The van der Waals surface area contributed by atoms with Crippen LogP contribution in [0, 0.1) is 0 Å². The number of sulfone groups is 1. The summed E-state index contributed by atoms with van der Waals surface area (Å²) in [7, 11) is -3.94. The molecule has 47 heavy (non-hydrogen) atoms. The van der Waals surface area contributed by atoms with Gasteiger partial charge in [-0.1, -0.05) is 121 Å². The van der Waals surface area contributed by atoms with Gasteiger partial charge in [-0.15, -0.1) is 0 Å². The molecule has 0 bridgehead atoms. The van der Waals surface area contributed by atoms with Gasteiger partial charge in [-0.25, -0.2) is 28.4 Å². The van der Waals surface area contributed by atoms with Gasteiger partial charge in [0.15, 0.2) is 0 Å². The van der Waals surface area contributed by atoms with E-state index in [-0.39, 0.29) is 9.79 Å². The summed E-state index contributed by atoms with van der Waals surface area (Å²) in [5, 5.41) is 0. The number of rotatable bonds is 6. The molecule has 0 amide bonds. The van der Waals surface area contributed by atoms with E-state index in [1.165, 1.54) is 0 Å². The SMILES string of the molecule is O=S(=O)(c1ccc2nc(-c3ccccc3)c(-c3ccccc3)nc2c1)c1ccc2nc(-c3ccccc3)c(-c3ccccc3)nc2c1. The van der Waals surface area contributed by atoms with Crippen molar-refractivity contribution in [1.82, 2.24) is 19.9 Å². The third-order valence-corrected chi connectivity index (χ3v) is 9.83. The van der Waals surface area contributed by atoms with Crippen molar-refractivity contribution >= 4 is 31.9 Å². The molecule has 224 valence electrons. The van der Waals surface area contributed by atoms with Crippen molar-refractivity contribution in [3.8, 4) is 45.0 Å².